The first kappa shape index (κ1) is 36.1. The van der Waals surface area contributed by atoms with Crippen LogP contribution in [0.1, 0.15) is 76.3 Å². The van der Waals surface area contributed by atoms with Crippen LogP contribution in [-0.4, -0.2) is 59.5 Å². The van der Waals surface area contributed by atoms with Gasteiger partial charge >= 0.3 is 11.0 Å². The van der Waals surface area contributed by atoms with Gasteiger partial charge in [-0.3, -0.25) is 0 Å². The lowest BCUT2D eigenvalue weighted by Gasteiger charge is -2.28. The Balaban J connectivity index is 0.000000351. The molecule has 0 aromatic heterocycles. The SMILES string of the molecule is CCCCCCCCCC[N+](C)(C)CC.O=S(=O)(c1ccc2c(c1S(=O)(=O)C(F)(F)F)Cc1ccccc1-2)C(F)(F)F. The fraction of sp³-hybridized carbons (Fsp3) is 0.586. The zero-order valence-electron chi connectivity index (χ0n) is 24.4. The molecule has 0 bridgehead atoms. The minimum absolute atomic E-state index is 0.0606. The van der Waals surface area contributed by atoms with E-state index in [1.807, 2.05) is 0 Å². The maximum Gasteiger partial charge on any atom is 0.501 e. The molecular weight excluding hydrogens is 604 g/mol. The van der Waals surface area contributed by atoms with Gasteiger partial charge in [-0.25, -0.2) is 16.8 Å². The van der Waals surface area contributed by atoms with Crippen molar-refractivity contribution in [3.05, 3.63) is 47.5 Å². The number of fused-ring (bicyclic) bond motifs is 3. The zero-order valence-corrected chi connectivity index (χ0v) is 26.0. The molecular formula is C29H40F6NO4S2+. The lowest BCUT2D eigenvalue weighted by atomic mass is 10.1. The van der Waals surface area contributed by atoms with Gasteiger partial charge in [0.15, 0.2) is 0 Å². The van der Waals surface area contributed by atoms with Gasteiger partial charge in [0.2, 0.25) is 0 Å². The molecule has 0 aliphatic heterocycles. The molecule has 0 N–H and O–H groups in total. The van der Waals surface area contributed by atoms with Gasteiger partial charge in [0.1, 0.15) is 0 Å². The minimum Gasteiger partial charge on any atom is -0.329 e. The van der Waals surface area contributed by atoms with Crippen LogP contribution in [0.15, 0.2) is 46.2 Å². The molecule has 5 nitrogen and oxygen atoms in total. The number of hydrogen-bond acceptors (Lipinski definition) is 4. The molecule has 0 saturated carbocycles. The van der Waals surface area contributed by atoms with Crippen molar-refractivity contribution in [3.63, 3.8) is 0 Å². The summed E-state index contributed by atoms with van der Waals surface area (Å²) in [6.07, 6.45) is 11.0. The summed E-state index contributed by atoms with van der Waals surface area (Å²) in [4.78, 5) is -3.81. The van der Waals surface area contributed by atoms with E-state index in [0.717, 1.165) is 6.07 Å². The Hall–Kier alpha value is -2.12. The van der Waals surface area contributed by atoms with Crippen molar-refractivity contribution in [1.82, 2.24) is 0 Å². The van der Waals surface area contributed by atoms with E-state index >= 15 is 0 Å². The van der Waals surface area contributed by atoms with Gasteiger partial charge in [-0.15, -0.1) is 0 Å². The second-order valence-electron chi connectivity index (χ2n) is 11.1. The Bertz CT molecular complexity index is 1420. The number of unbranched alkanes of at least 4 members (excludes halogenated alkanes) is 7. The van der Waals surface area contributed by atoms with E-state index in [1.54, 1.807) is 0 Å². The molecule has 0 fully saturated rings. The molecule has 0 saturated heterocycles. The van der Waals surface area contributed by atoms with Crippen molar-refractivity contribution < 1.29 is 47.7 Å². The molecule has 13 heteroatoms. The van der Waals surface area contributed by atoms with Crippen LogP contribution in [0, 0.1) is 0 Å². The highest BCUT2D eigenvalue weighted by atomic mass is 32.2. The Morgan fingerprint density at radius 1 is 0.690 bits per heavy atom. The van der Waals surface area contributed by atoms with Crippen molar-refractivity contribution in [2.24, 2.45) is 0 Å². The smallest absolute Gasteiger partial charge is 0.329 e. The predicted molar refractivity (Wildman–Crippen MR) is 151 cm³/mol. The second-order valence-corrected chi connectivity index (χ2v) is 14.9. The van der Waals surface area contributed by atoms with E-state index in [1.165, 1.54) is 93.2 Å². The summed E-state index contributed by atoms with van der Waals surface area (Å²) in [5, 5.41) is 0. The average molecular weight is 645 g/mol. The van der Waals surface area contributed by atoms with E-state index < -0.39 is 52.5 Å². The summed E-state index contributed by atoms with van der Waals surface area (Å²) in [5.41, 5.74) is -11.9. The van der Waals surface area contributed by atoms with Crippen LogP contribution in [0.4, 0.5) is 26.3 Å². The van der Waals surface area contributed by atoms with Crippen molar-refractivity contribution in [2.45, 2.75) is 92.4 Å². The largest absolute Gasteiger partial charge is 0.501 e. The van der Waals surface area contributed by atoms with Gasteiger partial charge in [0.25, 0.3) is 19.7 Å². The summed E-state index contributed by atoms with van der Waals surface area (Å²) in [6, 6.07) is 7.06. The standard InChI is InChI=1S/C15H8F6O4S2.C14H32N/c16-14(17,18)26(22,23)12-6-5-10-9-4-2-1-3-8(9)7-11(10)13(12)27(24,25)15(19,20)21;1-5-7-8-9-10-11-12-13-14-15(3,4)6-2/h1-6H,7H2;5-14H2,1-4H3/q;+1. The maximum atomic E-state index is 13.1. The molecule has 1 aliphatic carbocycles. The minimum atomic E-state index is -6.37. The third-order valence-corrected chi connectivity index (χ3v) is 10.8. The lowest BCUT2D eigenvalue weighted by molar-refractivity contribution is -0.888. The Kier molecular flexibility index (Phi) is 12.1. The van der Waals surface area contributed by atoms with Crippen LogP contribution in [-0.2, 0) is 26.1 Å². The summed E-state index contributed by atoms with van der Waals surface area (Å²) in [7, 11) is -8.04. The van der Waals surface area contributed by atoms with Crippen LogP contribution in [0.2, 0.25) is 0 Å². The fourth-order valence-corrected chi connectivity index (χ4v) is 7.33. The van der Waals surface area contributed by atoms with Gasteiger partial charge in [0, 0.05) is 6.42 Å². The number of nitrogens with zero attached hydrogens (tertiary/aromatic N) is 1. The Morgan fingerprint density at radius 3 is 1.74 bits per heavy atom. The Labute approximate surface area is 245 Å². The molecule has 2 aromatic rings. The van der Waals surface area contributed by atoms with Crippen molar-refractivity contribution in [2.75, 3.05) is 27.2 Å². The monoisotopic (exact) mass is 644 g/mol. The van der Waals surface area contributed by atoms with E-state index in [9.17, 15) is 43.2 Å². The van der Waals surface area contributed by atoms with Crippen LogP contribution in [0.3, 0.4) is 0 Å². The van der Waals surface area contributed by atoms with E-state index in [-0.39, 0.29) is 11.6 Å². The number of benzene rings is 2. The molecule has 2 aromatic carbocycles. The molecule has 42 heavy (non-hydrogen) atoms. The van der Waals surface area contributed by atoms with Gasteiger partial charge in [-0.1, -0.05) is 75.8 Å². The van der Waals surface area contributed by atoms with Gasteiger partial charge in [-0.2, -0.15) is 26.3 Å². The number of rotatable bonds is 12. The maximum absolute atomic E-state index is 13.1. The van der Waals surface area contributed by atoms with Crippen molar-refractivity contribution in [3.8, 4) is 11.1 Å². The predicted octanol–water partition coefficient (Wildman–Crippen LogP) is 8.07. The highest BCUT2D eigenvalue weighted by molar-refractivity contribution is 7.95. The van der Waals surface area contributed by atoms with Crippen LogP contribution < -0.4 is 0 Å². The highest BCUT2D eigenvalue weighted by Gasteiger charge is 2.55. The van der Waals surface area contributed by atoms with Crippen molar-refractivity contribution in [1.29, 1.82) is 0 Å². The Morgan fingerprint density at radius 2 is 1.21 bits per heavy atom. The summed E-state index contributed by atoms with van der Waals surface area (Å²) >= 11 is 0. The average Bonchev–Trinajstić information content (AvgIpc) is 3.27. The van der Waals surface area contributed by atoms with Crippen LogP contribution in [0.5, 0.6) is 0 Å². The molecule has 0 radical (unpaired) electrons. The first-order chi connectivity index (χ1) is 19.3. The van der Waals surface area contributed by atoms with E-state index in [0.29, 0.717) is 11.1 Å². The third-order valence-electron chi connectivity index (χ3n) is 7.54. The molecule has 3 rings (SSSR count). The fourth-order valence-electron chi connectivity index (χ4n) is 4.74. The summed E-state index contributed by atoms with van der Waals surface area (Å²) in [5.74, 6) is 0. The molecule has 0 amide bonds. The quantitative estimate of drug-likeness (QED) is 0.114. The van der Waals surface area contributed by atoms with Crippen molar-refractivity contribution >= 4 is 19.7 Å². The van der Waals surface area contributed by atoms with Crippen LogP contribution in [0.25, 0.3) is 11.1 Å². The summed E-state index contributed by atoms with van der Waals surface area (Å²) < 4.78 is 127. The molecule has 0 spiro atoms. The van der Waals surface area contributed by atoms with Gasteiger partial charge in [-0.05, 0) is 48.1 Å². The third kappa shape index (κ3) is 8.49. The zero-order chi connectivity index (χ0) is 32.0. The first-order valence-corrected chi connectivity index (χ1v) is 17.0. The molecule has 238 valence electrons. The molecule has 0 atom stereocenters. The molecule has 0 heterocycles. The first-order valence-electron chi connectivity index (χ1n) is 14.0. The molecule has 1 aliphatic rings. The lowest BCUT2D eigenvalue weighted by Crippen LogP contribution is -2.39. The summed E-state index contributed by atoms with van der Waals surface area (Å²) in [6.45, 7) is 7.18. The number of halogens is 6. The van der Waals surface area contributed by atoms with Gasteiger partial charge in [0.05, 0.1) is 37.0 Å². The normalized spacial score (nSPS) is 13.8. The number of alkyl halides is 6. The highest BCUT2D eigenvalue weighted by Crippen LogP contribution is 2.47. The van der Waals surface area contributed by atoms with Crippen LogP contribution >= 0.6 is 0 Å². The number of quaternary nitrogens is 1. The van der Waals surface area contributed by atoms with E-state index in [4.69, 9.17) is 0 Å². The second kappa shape index (κ2) is 14.1. The van der Waals surface area contributed by atoms with E-state index in [2.05, 4.69) is 27.9 Å². The number of hydrogen-bond donors (Lipinski definition) is 0. The van der Waals surface area contributed by atoms with Gasteiger partial charge < -0.3 is 4.48 Å². The molecule has 0 unspecified atom stereocenters. The topological polar surface area (TPSA) is 68.3 Å². The number of sulfone groups is 2.